The average Bonchev–Trinajstić information content (AvgIpc) is 3.17. The van der Waals surface area contributed by atoms with Crippen molar-refractivity contribution >= 4 is 28.3 Å². The number of halogens is 1. The summed E-state index contributed by atoms with van der Waals surface area (Å²) in [5.41, 5.74) is 1.56. The Morgan fingerprint density at radius 3 is 2.71 bits per heavy atom. The second-order valence-corrected chi connectivity index (χ2v) is 8.39. The number of rotatable bonds is 10. The van der Waals surface area contributed by atoms with Crippen molar-refractivity contribution in [3.05, 3.63) is 46.7 Å². The number of nitrogens with zero attached hydrogens (tertiary/aromatic N) is 2. The van der Waals surface area contributed by atoms with E-state index in [0.29, 0.717) is 43.1 Å². The molecule has 168 valence electrons. The molecule has 31 heavy (non-hydrogen) atoms. The van der Waals surface area contributed by atoms with Gasteiger partial charge in [0.05, 0.1) is 31.9 Å². The van der Waals surface area contributed by atoms with Gasteiger partial charge in [-0.05, 0) is 56.5 Å². The molecular weight excluding hydrogens is 421 g/mol. The van der Waals surface area contributed by atoms with Crippen molar-refractivity contribution in [1.82, 2.24) is 9.88 Å². The maximum absolute atomic E-state index is 12.9. The van der Waals surface area contributed by atoms with Gasteiger partial charge >= 0.3 is 5.97 Å². The molecule has 0 saturated carbocycles. The smallest absolute Gasteiger partial charge is 0.311 e. The Balaban J connectivity index is 1.32. The van der Waals surface area contributed by atoms with E-state index >= 15 is 0 Å². The van der Waals surface area contributed by atoms with Gasteiger partial charge in [0.1, 0.15) is 5.82 Å². The Kier molecular flexibility index (Phi) is 8.93. The fourth-order valence-electron chi connectivity index (χ4n) is 3.40. The maximum Gasteiger partial charge on any atom is 0.311 e. The average molecular weight is 450 g/mol. The number of benzene rings is 1. The van der Waals surface area contributed by atoms with Gasteiger partial charge in [-0.25, -0.2) is 9.37 Å². The third kappa shape index (κ3) is 8.01. The van der Waals surface area contributed by atoms with Gasteiger partial charge in [-0.1, -0.05) is 12.1 Å². The van der Waals surface area contributed by atoms with Crippen molar-refractivity contribution in [3.8, 4) is 0 Å². The molecule has 7 nitrogen and oxygen atoms in total. The van der Waals surface area contributed by atoms with Crippen LogP contribution in [0, 0.1) is 11.7 Å². The van der Waals surface area contributed by atoms with Gasteiger partial charge in [0.2, 0.25) is 5.91 Å². The van der Waals surface area contributed by atoms with E-state index in [1.54, 1.807) is 24.4 Å². The Bertz CT molecular complexity index is 851. The van der Waals surface area contributed by atoms with Gasteiger partial charge in [0.15, 0.2) is 5.13 Å². The lowest BCUT2D eigenvalue weighted by Gasteiger charge is -2.31. The normalized spacial score (nSPS) is 15.0. The van der Waals surface area contributed by atoms with Crippen molar-refractivity contribution in [2.45, 2.75) is 32.8 Å². The van der Waals surface area contributed by atoms with Crippen LogP contribution >= 0.6 is 11.3 Å². The van der Waals surface area contributed by atoms with E-state index in [0.717, 1.165) is 31.5 Å². The zero-order valence-electron chi connectivity index (χ0n) is 17.6. The summed E-state index contributed by atoms with van der Waals surface area (Å²) in [5, 5.41) is 5.05. The van der Waals surface area contributed by atoms with Crippen LogP contribution in [0.15, 0.2) is 29.6 Å². The topological polar surface area (TPSA) is 80.8 Å². The van der Waals surface area contributed by atoms with E-state index in [9.17, 15) is 14.0 Å². The number of hydrogen-bond acceptors (Lipinski definition) is 7. The molecule has 1 aliphatic heterocycles. The van der Waals surface area contributed by atoms with Crippen LogP contribution in [0.3, 0.4) is 0 Å². The lowest BCUT2D eigenvalue weighted by molar-refractivity contribution is -0.142. The van der Waals surface area contributed by atoms with Crippen molar-refractivity contribution in [1.29, 1.82) is 0 Å². The number of carbonyl (C=O) groups is 2. The highest BCUT2D eigenvalue weighted by atomic mass is 32.1. The zero-order valence-corrected chi connectivity index (χ0v) is 18.5. The number of anilines is 1. The fraction of sp³-hybridized carbons (Fsp3) is 0.500. The van der Waals surface area contributed by atoms with E-state index in [1.165, 1.54) is 23.5 Å². The van der Waals surface area contributed by atoms with Gasteiger partial charge in [0.25, 0.3) is 0 Å². The molecule has 1 aromatic carbocycles. The van der Waals surface area contributed by atoms with Gasteiger partial charge in [-0.15, -0.1) is 11.3 Å². The van der Waals surface area contributed by atoms with Crippen LogP contribution < -0.4 is 5.32 Å². The quantitative estimate of drug-likeness (QED) is 0.561. The molecule has 9 heteroatoms. The molecule has 1 amide bonds. The first-order chi connectivity index (χ1) is 15.0. The number of nitrogens with one attached hydrogen (secondary N) is 1. The molecule has 1 saturated heterocycles. The van der Waals surface area contributed by atoms with Crippen LogP contribution in [-0.4, -0.2) is 54.6 Å². The Hall–Kier alpha value is -2.36. The summed E-state index contributed by atoms with van der Waals surface area (Å²) in [5.74, 6) is -0.213. The lowest BCUT2D eigenvalue weighted by atomic mass is 9.98. The minimum absolute atomic E-state index is 0.108. The molecule has 0 atom stereocenters. The lowest BCUT2D eigenvalue weighted by Crippen LogP contribution is -2.40. The van der Waals surface area contributed by atoms with Gasteiger partial charge in [-0.2, -0.15) is 0 Å². The van der Waals surface area contributed by atoms with E-state index in [2.05, 4.69) is 15.2 Å². The first-order valence-electron chi connectivity index (χ1n) is 10.5. The first kappa shape index (κ1) is 23.3. The minimum atomic E-state index is -0.324. The Morgan fingerprint density at radius 2 is 2.00 bits per heavy atom. The number of hydrogen-bond donors (Lipinski definition) is 1. The monoisotopic (exact) mass is 449 g/mol. The summed E-state index contributed by atoms with van der Waals surface area (Å²) in [4.78, 5) is 30.2. The van der Waals surface area contributed by atoms with Crippen molar-refractivity contribution in [2.24, 2.45) is 5.92 Å². The van der Waals surface area contributed by atoms with Crippen LogP contribution in [0.1, 0.15) is 31.0 Å². The SMILES string of the molecule is CCOC(=O)Cc1csc(NC(=O)CN2CCC(COCc3ccc(F)cc3)CC2)n1. The summed E-state index contributed by atoms with van der Waals surface area (Å²) >= 11 is 1.30. The summed E-state index contributed by atoms with van der Waals surface area (Å²) in [6.45, 7) is 5.23. The fourth-order valence-corrected chi connectivity index (χ4v) is 4.13. The number of aromatic nitrogens is 1. The number of piperidine rings is 1. The summed E-state index contributed by atoms with van der Waals surface area (Å²) in [6.07, 6.45) is 2.05. The van der Waals surface area contributed by atoms with Crippen molar-refractivity contribution in [2.75, 3.05) is 38.2 Å². The van der Waals surface area contributed by atoms with Crippen LogP contribution in [0.2, 0.25) is 0 Å². The highest BCUT2D eigenvalue weighted by Gasteiger charge is 2.21. The second kappa shape index (κ2) is 11.9. The van der Waals surface area contributed by atoms with Crippen molar-refractivity contribution < 1.29 is 23.5 Å². The standard InChI is InChI=1S/C22H28FN3O4S/c1-2-30-21(28)11-19-15-31-22(24-19)25-20(27)12-26-9-7-17(8-10-26)14-29-13-16-3-5-18(23)6-4-16/h3-6,15,17H,2,7-14H2,1H3,(H,24,25,27). The first-order valence-corrected chi connectivity index (χ1v) is 11.3. The summed E-state index contributed by atoms with van der Waals surface area (Å²) in [7, 11) is 0. The highest BCUT2D eigenvalue weighted by Crippen LogP contribution is 2.19. The largest absolute Gasteiger partial charge is 0.466 e. The molecule has 0 unspecified atom stereocenters. The Labute approximate surface area is 185 Å². The summed E-state index contributed by atoms with van der Waals surface area (Å²) in [6, 6.07) is 6.35. The molecule has 2 heterocycles. The van der Waals surface area contributed by atoms with Gasteiger partial charge in [0, 0.05) is 12.0 Å². The predicted octanol–water partition coefficient (Wildman–Crippen LogP) is 3.26. The maximum atomic E-state index is 12.9. The zero-order chi connectivity index (χ0) is 22.1. The van der Waals surface area contributed by atoms with Crippen LogP contribution in [0.25, 0.3) is 0 Å². The van der Waals surface area contributed by atoms with Gasteiger partial charge < -0.3 is 14.8 Å². The third-order valence-corrected chi connectivity index (χ3v) is 5.85. The number of ether oxygens (including phenoxy) is 2. The molecular formula is C22H28FN3O4S. The summed E-state index contributed by atoms with van der Waals surface area (Å²) < 4.78 is 23.6. The molecule has 3 rings (SSSR count). The molecule has 0 aliphatic carbocycles. The molecule has 1 aliphatic rings. The minimum Gasteiger partial charge on any atom is -0.466 e. The van der Waals surface area contributed by atoms with Crippen molar-refractivity contribution in [3.63, 3.8) is 0 Å². The van der Waals surface area contributed by atoms with E-state index < -0.39 is 0 Å². The molecule has 0 radical (unpaired) electrons. The molecule has 2 aromatic rings. The van der Waals surface area contributed by atoms with E-state index in [1.807, 2.05) is 0 Å². The van der Waals surface area contributed by atoms with Gasteiger partial charge in [-0.3, -0.25) is 14.5 Å². The highest BCUT2D eigenvalue weighted by molar-refractivity contribution is 7.13. The van der Waals surface area contributed by atoms with Crippen LogP contribution in [0.5, 0.6) is 0 Å². The van der Waals surface area contributed by atoms with Crippen LogP contribution in [0.4, 0.5) is 9.52 Å². The number of thiazole rings is 1. The molecule has 1 fully saturated rings. The predicted molar refractivity (Wildman–Crippen MR) is 116 cm³/mol. The molecule has 1 aromatic heterocycles. The Morgan fingerprint density at radius 1 is 1.26 bits per heavy atom. The number of esters is 1. The third-order valence-electron chi connectivity index (χ3n) is 5.04. The molecule has 1 N–H and O–H groups in total. The number of carbonyl (C=O) groups excluding carboxylic acids is 2. The van der Waals surface area contributed by atoms with E-state index in [-0.39, 0.29) is 24.1 Å². The molecule has 0 spiro atoms. The number of amides is 1. The second-order valence-electron chi connectivity index (χ2n) is 7.54. The number of likely N-dealkylation sites (tertiary alicyclic amines) is 1. The van der Waals surface area contributed by atoms with E-state index in [4.69, 9.17) is 9.47 Å². The van der Waals surface area contributed by atoms with Crippen LogP contribution in [-0.2, 0) is 32.1 Å². The molecule has 0 bridgehead atoms.